The Hall–Kier alpha value is -2.40. The maximum absolute atomic E-state index is 13.7. The van der Waals surface area contributed by atoms with Crippen molar-refractivity contribution in [3.63, 3.8) is 0 Å². The van der Waals surface area contributed by atoms with Gasteiger partial charge in [0.15, 0.2) is 0 Å². The monoisotopic (exact) mass is 716 g/mol. The van der Waals surface area contributed by atoms with E-state index in [0.29, 0.717) is 0 Å². The zero-order chi connectivity index (χ0) is 34.9. The van der Waals surface area contributed by atoms with Crippen LogP contribution in [0.4, 0.5) is 61.5 Å². The molecule has 0 fully saturated rings. The smallest absolute Gasteiger partial charge is 0.460 e. The molecule has 0 rings (SSSR count). The highest BCUT2D eigenvalue weighted by Gasteiger charge is 2.77. The zero-order valence-electron chi connectivity index (χ0n) is 22.0. The van der Waals surface area contributed by atoms with Gasteiger partial charge >= 0.3 is 48.0 Å². The van der Waals surface area contributed by atoms with Crippen LogP contribution in [0.2, 0.25) is 0 Å². The maximum atomic E-state index is 13.7. The van der Waals surface area contributed by atoms with Gasteiger partial charge in [-0.1, -0.05) is 35.4 Å². The molecule has 0 heterocycles. The van der Waals surface area contributed by atoms with Gasteiger partial charge < -0.3 is 20.1 Å². The highest BCUT2D eigenvalue weighted by atomic mass is 33.1. The second kappa shape index (κ2) is 15.7. The number of hydrogen-bond donors (Lipinski definition) is 2. The molecule has 8 nitrogen and oxygen atoms in total. The van der Waals surface area contributed by atoms with Gasteiger partial charge in [0.25, 0.3) is 11.8 Å². The van der Waals surface area contributed by atoms with Gasteiger partial charge in [-0.2, -0.15) is 61.5 Å². The first-order valence-corrected chi connectivity index (χ1v) is 14.1. The normalized spacial score (nSPS) is 14.8. The van der Waals surface area contributed by atoms with Gasteiger partial charge in [0, 0.05) is 11.5 Å². The fraction of sp³-hybridized carbons (Fsp3) is 0.800. The Morgan fingerprint density at radius 3 is 1.07 bits per heavy atom. The van der Waals surface area contributed by atoms with Crippen LogP contribution < -0.4 is 10.6 Å². The van der Waals surface area contributed by atoms with E-state index in [0.717, 1.165) is 10.6 Å². The van der Waals surface area contributed by atoms with Gasteiger partial charge in [0.2, 0.25) is 0 Å². The molecule has 0 aromatic carbocycles. The van der Waals surface area contributed by atoms with Crippen molar-refractivity contribution in [2.75, 3.05) is 24.7 Å². The van der Waals surface area contributed by atoms with Gasteiger partial charge in [0.1, 0.15) is 12.1 Å². The van der Waals surface area contributed by atoms with Crippen LogP contribution in [0, 0.1) is 0 Å². The number of carbonyl (C=O) groups excluding carboxylic acids is 4. The summed E-state index contributed by atoms with van der Waals surface area (Å²) in [7, 11) is 0.349. The molecule has 44 heavy (non-hydrogen) atoms. The van der Waals surface area contributed by atoms with E-state index in [1.54, 1.807) is 0 Å². The lowest BCUT2D eigenvalue weighted by atomic mass is 10.1. The minimum Gasteiger partial charge on any atom is -0.464 e. The van der Waals surface area contributed by atoms with E-state index in [1.807, 2.05) is 0 Å². The van der Waals surface area contributed by atoms with Crippen molar-refractivity contribution in [2.24, 2.45) is 0 Å². The largest absolute Gasteiger partial charge is 0.464 e. The third-order valence-electron chi connectivity index (χ3n) is 4.70. The standard InChI is InChI=1S/C20H22F14N2O6S2/c1-3-5-41-11(37)9(35-13(39)15(21,22)17(25,26)19(29,30)31)7-43-44-8-10(12(38)42-6-4-2)36-14(40)16(23,24)18(27,28)20(32,33)34/h9-10H,3-8H2,1-2H3,(H,35,39)(H,36,40)/t9-,10-/m0/s1. The third-order valence-corrected chi connectivity index (χ3v) is 7.12. The van der Waals surface area contributed by atoms with Gasteiger partial charge in [-0.05, 0) is 12.8 Å². The third kappa shape index (κ3) is 10.1. The fourth-order valence-electron chi connectivity index (χ4n) is 2.32. The van der Waals surface area contributed by atoms with Gasteiger partial charge in [-0.15, -0.1) is 0 Å². The molecule has 0 aromatic heterocycles. The van der Waals surface area contributed by atoms with Crippen LogP contribution in [0.3, 0.4) is 0 Å². The zero-order valence-corrected chi connectivity index (χ0v) is 23.6. The van der Waals surface area contributed by atoms with Crippen LogP contribution in [0.15, 0.2) is 0 Å². The molecule has 2 atom stereocenters. The van der Waals surface area contributed by atoms with E-state index in [2.05, 4.69) is 9.47 Å². The molecule has 0 saturated carbocycles. The summed E-state index contributed by atoms with van der Waals surface area (Å²) in [5, 5.41) is 1.88. The lowest BCUT2D eigenvalue weighted by molar-refractivity contribution is -0.344. The van der Waals surface area contributed by atoms with Crippen LogP contribution in [0.25, 0.3) is 0 Å². The van der Waals surface area contributed by atoms with Crippen molar-refractivity contribution in [3.8, 4) is 0 Å². The summed E-state index contributed by atoms with van der Waals surface area (Å²) in [5.74, 6) is -38.6. The molecule has 0 aliphatic carbocycles. The molecule has 0 aliphatic heterocycles. The predicted octanol–water partition coefficient (Wildman–Crippen LogP) is 4.91. The quantitative estimate of drug-likeness (QED) is 0.0947. The molecule has 0 aliphatic rings. The summed E-state index contributed by atoms with van der Waals surface area (Å²) in [6.45, 7) is 1.88. The van der Waals surface area contributed by atoms with Crippen molar-refractivity contribution in [1.82, 2.24) is 10.6 Å². The summed E-state index contributed by atoms with van der Waals surface area (Å²) < 4.78 is 191. The minimum absolute atomic E-state index is 0.0653. The highest BCUT2D eigenvalue weighted by Crippen LogP contribution is 2.47. The van der Waals surface area contributed by atoms with Crippen molar-refractivity contribution >= 4 is 45.3 Å². The Morgan fingerprint density at radius 2 is 0.841 bits per heavy atom. The van der Waals surface area contributed by atoms with E-state index in [9.17, 15) is 80.6 Å². The minimum atomic E-state index is -6.91. The Bertz CT molecular complexity index is 932. The number of esters is 2. The van der Waals surface area contributed by atoms with E-state index in [-0.39, 0.29) is 34.4 Å². The molecular weight excluding hydrogens is 694 g/mol. The van der Waals surface area contributed by atoms with Crippen LogP contribution in [0.5, 0.6) is 0 Å². The maximum Gasteiger partial charge on any atom is 0.460 e. The molecule has 0 radical (unpaired) electrons. The number of rotatable bonds is 17. The lowest BCUT2D eigenvalue weighted by Crippen LogP contribution is -2.61. The second-order valence-corrected chi connectivity index (χ2v) is 10.8. The summed E-state index contributed by atoms with van der Waals surface area (Å²) in [5.41, 5.74) is 0. The van der Waals surface area contributed by atoms with Gasteiger partial charge in [-0.25, -0.2) is 9.59 Å². The molecule has 0 aromatic rings. The molecule has 258 valence electrons. The summed E-state index contributed by atoms with van der Waals surface area (Å²) in [6.07, 6.45) is -13.7. The number of alkyl halides is 14. The Balaban J connectivity index is 5.83. The molecule has 2 N–H and O–H groups in total. The first-order chi connectivity index (χ1) is 19.7. The fourth-order valence-corrected chi connectivity index (χ4v) is 4.61. The molecule has 24 heteroatoms. The van der Waals surface area contributed by atoms with Crippen molar-refractivity contribution in [3.05, 3.63) is 0 Å². The number of amides is 2. The average Bonchev–Trinajstić information content (AvgIpc) is 2.89. The number of halogens is 14. The SMILES string of the molecule is CCCOC(=O)[C@H](CSSC[C@H](NC(=O)C(F)(F)C(F)(F)C(F)(F)F)C(=O)OCCC)NC(=O)C(F)(F)C(F)(F)C(F)(F)F. The molecule has 0 saturated heterocycles. The van der Waals surface area contributed by atoms with Gasteiger partial charge in [0.05, 0.1) is 13.2 Å². The predicted molar refractivity (Wildman–Crippen MR) is 123 cm³/mol. The van der Waals surface area contributed by atoms with Crippen molar-refractivity contribution < 1.29 is 90.1 Å². The first kappa shape index (κ1) is 41.6. The number of carbonyl (C=O) groups is 4. The van der Waals surface area contributed by atoms with Crippen molar-refractivity contribution in [1.29, 1.82) is 0 Å². The summed E-state index contributed by atoms with van der Waals surface area (Å²) in [4.78, 5) is 47.5. The Labute approximate surface area is 246 Å². The van der Waals surface area contributed by atoms with E-state index in [1.165, 1.54) is 13.8 Å². The average molecular weight is 717 g/mol. The van der Waals surface area contributed by atoms with Crippen LogP contribution >= 0.6 is 21.6 Å². The Kier molecular flexibility index (Phi) is 14.9. The van der Waals surface area contributed by atoms with Crippen LogP contribution in [-0.4, -0.2) is 96.6 Å². The second-order valence-electron chi connectivity index (χ2n) is 8.25. The summed E-state index contributed by atoms with van der Waals surface area (Å²) in [6, 6.07) is -4.78. The highest BCUT2D eigenvalue weighted by molar-refractivity contribution is 8.76. The molecule has 0 bridgehead atoms. The molecular formula is C20H22F14N2O6S2. The molecule has 0 unspecified atom stereocenters. The van der Waals surface area contributed by atoms with E-state index < -0.39 is 96.6 Å². The Morgan fingerprint density at radius 1 is 0.568 bits per heavy atom. The van der Waals surface area contributed by atoms with Gasteiger partial charge in [-0.3, -0.25) is 9.59 Å². The topological polar surface area (TPSA) is 111 Å². The van der Waals surface area contributed by atoms with Crippen molar-refractivity contribution in [2.45, 2.75) is 74.8 Å². The summed E-state index contributed by atoms with van der Waals surface area (Å²) >= 11 is 0. The number of nitrogens with one attached hydrogen (secondary N) is 2. The van der Waals surface area contributed by atoms with Crippen LogP contribution in [-0.2, 0) is 28.7 Å². The number of hydrogen-bond acceptors (Lipinski definition) is 8. The van der Waals surface area contributed by atoms with E-state index >= 15 is 0 Å². The number of ether oxygens (including phenoxy) is 2. The first-order valence-electron chi connectivity index (χ1n) is 11.6. The van der Waals surface area contributed by atoms with E-state index in [4.69, 9.17) is 0 Å². The molecule has 0 spiro atoms. The molecule has 2 amide bonds. The lowest BCUT2D eigenvalue weighted by Gasteiger charge is -2.28. The van der Waals surface area contributed by atoms with Crippen LogP contribution in [0.1, 0.15) is 26.7 Å².